The summed E-state index contributed by atoms with van der Waals surface area (Å²) >= 11 is 0. The Bertz CT molecular complexity index is 487. The SMILES string of the molecule is C.C.C.C.C=C[Si](C)(OC)O[Si](C)(C=C)O[Si](C=C)(OC)O[Si](F)(C=C)OC. The molecular weight excluding hydrogens is 432 g/mol. The van der Waals surface area contributed by atoms with Crippen molar-refractivity contribution in [3.8, 4) is 0 Å². The van der Waals surface area contributed by atoms with Gasteiger partial charge in [-0.3, -0.25) is 0 Å². The molecule has 0 amide bonds. The van der Waals surface area contributed by atoms with Crippen molar-refractivity contribution < 1.29 is 29.7 Å². The summed E-state index contributed by atoms with van der Waals surface area (Å²) in [5.41, 5.74) is 5.46. The summed E-state index contributed by atoms with van der Waals surface area (Å²) in [5.74, 6) is 0. The van der Waals surface area contributed by atoms with Crippen LogP contribution in [0.25, 0.3) is 0 Å². The first kappa shape index (κ1) is 38.2. The highest BCUT2D eigenvalue weighted by Gasteiger charge is 2.54. The monoisotopic (exact) mass is 474 g/mol. The zero-order valence-corrected chi connectivity index (χ0v) is 19.0. The van der Waals surface area contributed by atoms with Crippen molar-refractivity contribution in [2.24, 2.45) is 0 Å². The van der Waals surface area contributed by atoms with Crippen LogP contribution in [0.3, 0.4) is 0 Å². The highest BCUT2D eigenvalue weighted by atomic mass is 28.5. The fourth-order valence-electron chi connectivity index (χ4n) is 1.59. The Morgan fingerprint density at radius 2 is 1.07 bits per heavy atom. The van der Waals surface area contributed by atoms with E-state index in [2.05, 4.69) is 26.3 Å². The maximum absolute atomic E-state index is 14.6. The van der Waals surface area contributed by atoms with Crippen molar-refractivity contribution in [2.45, 2.75) is 42.8 Å². The second kappa shape index (κ2) is 15.4. The van der Waals surface area contributed by atoms with Crippen molar-refractivity contribution in [1.29, 1.82) is 0 Å². The van der Waals surface area contributed by atoms with Crippen LogP contribution in [-0.4, -0.2) is 56.2 Å². The number of hydrogen-bond acceptors (Lipinski definition) is 6. The molecule has 11 heteroatoms. The molecule has 28 heavy (non-hydrogen) atoms. The average Bonchev–Trinajstić information content (AvgIpc) is 2.60. The summed E-state index contributed by atoms with van der Waals surface area (Å²) in [4.78, 5) is 0. The van der Waals surface area contributed by atoms with Gasteiger partial charge in [0.1, 0.15) is 0 Å². The van der Waals surface area contributed by atoms with Gasteiger partial charge in [0.2, 0.25) is 0 Å². The van der Waals surface area contributed by atoms with E-state index in [-0.39, 0.29) is 29.7 Å². The lowest BCUT2D eigenvalue weighted by Gasteiger charge is -2.38. The van der Waals surface area contributed by atoms with Crippen molar-refractivity contribution >= 4 is 34.8 Å². The minimum absolute atomic E-state index is 0. The van der Waals surface area contributed by atoms with E-state index in [0.717, 1.165) is 5.70 Å². The van der Waals surface area contributed by atoms with Gasteiger partial charge < -0.3 is 25.6 Å². The van der Waals surface area contributed by atoms with Gasteiger partial charge in [-0.2, -0.15) is 0 Å². The molecule has 0 spiro atoms. The smallest absolute Gasteiger partial charge is 0.409 e. The summed E-state index contributed by atoms with van der Waals surface area (Å²) in [6.45, 7) is 18.1. The summed E-state index contributed by atoms with van der Waals surface area (Å²) in [6.07, 6.45) is 0. The van der Waals surface area contributed by atoms with E-state index in [1.54, 1.807) is 18.8 Å². The van der Waals surface area contributed by atoms with Crippen LogP contribution in [-0.2, 0) is 25.6 Å². The lowest BCUT2D eigenvalue weighted by molar-refractivity contribution is 0.151. The molecule has 0 aliphatic carbocycles. The minimum atomic E-state index is -4.17. The standard InChI is InChI=1S/C13H27FO6Si4.4CH4/c1-10-21(8,15-5)18-22(9,11-2)19-24(13-4,17-7)20-23(14,12-3)16-6;;;;/h10-13H,1-4H2,5-9H3;4*1H4. The molecule has 0 aromatic carbocycles. The molecule has 0 saturated carbocycles. The lowest BCUT2D eigenvalue weighted by atomic mass is 11.3. The fraction of sp³-hybridized carbons (Fsp3) is 0.529. The molecule has 0 aromatic heterocycles. The van der Waals surface area contributed by atoms with Crippen molar-refractivity contribution in [3.63, 3.8) is 0 Å². The van der Waals surface area contributed by atoms with Gasteiger partial charge in [-0.1, -0.05) is 54.3 Å². The molecule has 170 valence electrons. The zero-order valence-electron chi connectivity index (χ0n) is 15.0. The van der Waals surface area contributed by atoms with Gasteiger partial charge in [0.05, 0.1) is 0 Å². The maximum Gasteiger partial charge on any atom is 0.560 e. The Labute approximate surface area is 177 Å². The molecule has 0 aliphatic heterocycles. The number of hydrogen-bond donors (Lipinski definition) is 0. The summed E-state index contributed by atoms with van der Waals surface area (Å²) in [5, 5.41) is 0. The van der Waals surface area contributed by atoms with Crippen LogP contribution in [0.15, 0.2) is 49.1 Å². The molecule has 0 saturated heterocycles. The predicted octanol–water partition coefficient (Wildman–Crippen LogP) is 5.41. The molecule has 0 heterocycles. The second-order valence-corrected chi connectivity index (χ2v) is 16.7. The minimum Gasteiger partial charge on any atom is -0.409 e. The first-order chi connectivity index (χ1) is 11.0. The maximum atomic E-state index is 14.6. The van der Waals surface area contributed by atoms with E-state index >= 15 is 0 Å². The van der Waals surface area contributed by atoms with Gasteiger partial charge in [0, 0.05) is 21.3 Å². The number of halogens is 1. The van der Waals surface area contributed by atoms with E-state index in [0.29, 0.717) is 0 Å². The fourth-order valence-corrected chi connectivity index (χ4v) is 13.5. The van der Waals surface area contributed by atoms with Crippen LogP contribution in [0.1, 0.15) is 29.7 Å². The van der Waals surface area contributed by atoms with Crippen LogP contribution < -0.4 is 0 Å². The Morgan fingerprint density at radius 3 is 1.32 bits per heavy atom. The molecule has 0 bridgehead atoms. The van der Waals surface area contributed by atoms with E-state index < -0.39 is 34.8 Å². The van der Waals surface area contributed by atoms with Crippen molar-refractivity contribution in [2.75, 3.05) is 21.3 Å². The molecule has 0 N–H and O–H groups in total. The topological polar surface area (TPSA) is 55.4 Å². The second-order valence-electron chi connectivity index (χ2n) is 4.95. The van der Waals surface area contributed by atoms with Crippen molar-refractivity contribution in [3.05, 3.63) is 49.1 Å². The van der Waals surface area contributed by atoms with Crippen LogP contribution >= 0.6 is 0 Å². The quantitative estimate of drug-likeness (QED) is 0.263. The average molecular weight is 475 g/mol. The molecule has 4 atom stereocenters. The van der Waals surface area contributed by atoms with Crippen LogP contribution in [0.5, 0.6) is 0 Å². The highest BCUT2D eigenvalue weighted by Crippen LogP contribution is 2.27. The van der Waals surface area contributed by atoms with Crippen LogP contribution in [0, 0.1) is 0 Å². The van der Waals surface area contributed by atoms with Gasteiger partial charge in [-0.25, -0.2) is 4.11 Å². The summed E-state index contributed by atoms with van der Waals surface area (Å²) < 4.78 is 47.7. The third-order valence-electron chi connectivity index (χ3n) is 3.24. The largest absolute Gasteiger partial charge is 0.560 e. The molecule has 0 aliphatic rings. The van der Waals surface area contributed by atoms with Gasteiger partial charge >= 0.3 is 34.8 Å². The zero-order chi connectivity index (χ0) is 19.1. The van der Waals surface area contributed by atoms with Crippen LogP contribution in [0.4, 0.5) is 4.11 Å². The molecule has 0 radical (unpaired) electrons. The van der Waals surface area contributed by atoms with Gasteiger partial charge in [0.15, 0.2) is 0 Å². The van der Waals surface area contributed by atoms with Gasteiger partial charge in [-0.15, -0.1) is 13.2 Å². The molecule has 4 unspecified atom stereocenters. The summed E-state index contributed by atoms with van der Waals surface area (Å²) in [7, 11) is -9.50. The van der Waals surface area contributed by atoms with E-state index in [4.69, 9.17) is 25.6 Å². The highest BCUT2D eigenvalue weighted by molar-refractivity contribution is 6.91. The Balaban J connectivity index is -0.000000441. The molecule has 0 aromatic rings. The molecule has 6 nitrogen and oxygen atoms in total. The van der Waals surface area contributed by atoms with E-state index in [1.807, 2.05) is 0 Å². The Hall–Kier alpha value is -0.482. The molecule has 0 fully saturated rings. The lowest BCUT2D eigenvalue weighted by Crippen LogP contribution is -2.61. The number of rotatable bonds is 13. The first-order valence-electron chi connectivity index (χ1n) is 7.04. The molecule has 0 rings (SSSR count). The predicted molar refractivity (Wildman–Crippen MR) is 128 cm³/mol. The Morgan fingerprint density at radius 1 is 0.607 bits per heavy atom. The first-order valence-corrected chi connectivity index (χ1v) is 15.4. The third-order valence-corrected chi connectivity index (χ3v) is 15.9. The van der Waals surface area contributed by atoms with Gasteiger partial charge in [-0.05, 0) is 24.5 Å². The Kier molecular flexibility index (Phi) is 20.9. The summed E-state index contributed by atoms with van der Waals surface area (Å²) in [6, 6.07) is 0. The van der Waals surface area contributed by atoms with E-state index in [1.165, 1.54) is 32.7 Å². The van der Waals surface area contributed by atoms with E-state index in [9.17, 15) is 4.11 Å². The molecular formula is C17H43FO6Si4. The normalized spacial score (nSPS) is 18.4. The van der Waals surface area contributed by atoms with Crippen LogP contribution in [0.2, 0.25) is 13.1 Å². The van der Waals surface area contributed by atoms with Crippen molar-refractivity contribution in [1.82, 2.24) is 0 Å². The van der Waals surface area contributed by atoms with Gasteiger partial charge in [0.25, 0.3) is 0 Å². The third kappa shape index (κ3) is 10.3.